The molecule has 100 valence electrons. The van der Waals surface area contributed by atoms with E-state index in [1.807, 2.05) is 0 Å². The molecule has 0 aliphatic heterocycles. The van der Waals surface area contributed by atoms with E-state index in [2.05, 4.69) is 27.1 Å². The smallest absolute Gasteiger partial charge is 0.181 e. The average molecular weight is 331 g/mol. The molecule has 4 nitrogen and oxygen atoms in total. The Bertz CT molecular complexity index is 585. The fraction of sp³-hybridized carbons (Fsp3) is 0.455. The van der Waals surface area contributed by atoms with Gasteiger partial charge in [0.1, 0.15) is 16.0 Å². The Morgan fingerprint density at radius 1 is 1.32 bits per heavy atom. The zero-order chi connectivity index (χ0) is 13.2. The zero-order valence-electron chi connectivity index (χ0n) is 10.2. The summed E-state index contributed by atoms with van der Waals surface area (Å²) in [5.74, 6) is 2.37. The van der Waals surface area contributed by atoms with Gasteiger partial charge in [0.25, 0.3) is 0 Å². The lowest BCUT2D eigenvalue weighted by Crippen LogP contribution is -1.94. The SMILES string of the molecule is CCSc1nnc(Sc2cc(Cl)nc(C3CC3)n2)s1. The maximum Gasteiger partial charge on any atom is 0.181 e. The highest BCUT2D eigenvalue weighted by atomic mass is 35.5. The molecule has 3 rings (SSSR count). The summed E-state index contributed by atoms with van der Waals surface area (Å²) in [5, 5.41) is 9.65. The molecule has 0 N–H and O–H groups in total. The van der Waals surface area contributed by atoms with E-state index < -0.39 is 0 Å². The van der Waals surface area contributed by atoms with Crippen LogP contribution in [0.2, 0.25) is 5.15 Å². The molecule has 2 aromatic heterocycles. The van der Waals surface area contributed by atoms with Crippen molar-refractivity contribution in [2.45, 2.75) is 39.4 Å². The van der Waals surface area contributed by atoms with Gasteiger partial charge in [0, 0.05) is 12.0 Å². The van der Waals surface area contributed by atoms with Crippen molar-refractivity contribution in [1.29, 1.82) is 0 Å². The first-order chi connectivity index (χ1) is 9.24. The van der Waals surface area contributed by atoms with Gasteiger partial charge < -0.3 is 0 Å². The van der Waals surface area contributed by atoms with E-state index in [0.29, 0.717) is 11.1 Å². The molecule has 1 aliphatic carbocycles. The molecule has 1 aliphatic rings. The number of thioether (sulfide) groups is 1. The fourth-order valence-electron chi connectivity index (χ4n) is 1.50. The van der Waals surface area contributed by atoms with Crippen LogP contribution in [-0.4, -0.2) is 25.9 Å². The predicted octanol–water partition coefficient (Wildman–Crippen LogP) is 4.12. The van der Waals surface area contributed by atoms with E-state index in [4.69, 9.17) is 11.6 Å². The van der Waals surface area contributed by atoms with E-state index in [0.717, 1.165) is 25.3 Å². The molecule has 0 atom stereocenters. The van der Waals surface area contributed by atoms with Crippen molar-refractivity contribution in [2.24, 2.45) is 0 Å². The van der Waals surface area contributed by atoms with Crippen LogP contribution in [0.3, 0.4) is 0 Å². The van der Waals surface area contributed by atoms with E-state index >= 15 is 0 Å². The molecule has 0 spiro atoms. The van der Waals surface area contributed by atoms with Crippen LogP contribution in [-0.2, 0) is 0 Å². The normalized spacial score (nSPS) is 14.8. The van der Waals surface area contributed by atoms with Crippen LogP contribution in [0.4, 0.5) is 0 Å². The molecule has 0 unspecified atom stereocenters. The molecular formula is C11H11ClN4S3. The molecule has 8 heteroatoms. The van der Waals surface area contributed by atoms with Crippen molar-refractivity contribution < 1.29 is 0 Å². The molecule has 0 bridgehead atoms. The van der Waals surface area contributed by atoms with Gasteiger partial charge in [-0.2, -0.15) is 0 Å². The van der Waals surface area contributed by atoms with Gasteiger partial charge in [0.15, 0.2) is 8.68 Å². The van der Waals surface area contributed by atoms with Crippen LogP contribution in [0.5, 0.6) is 0 Å². The quantitative estimate of drug-likeness (QED) is 0.607. The number of nitrogens with zero attached hydrogens (tertiary/aromatic N) is 4. The summed E-state index contributed by atoms with van der Waals surface area (Å²) in [6, 6.07) is 1.78. The third-order valence-corrected chi connectivity index (χ3v) is 5.58. The maximum absolute atomic E-state index is 6.04. The second-order valence-electron chi connectivity index (χ2n) is 4.03. The molecule has 0 amide bonds. The van der Waals surface area contributed by atoms with Crippen molar-refractivity contribution >= 4 is 46.5 Å². The Morgan fingerprint density at radius 3 is 2.84 bits per heavy atom. The number of halogens is 1. The van der Waals surface area contributed by atoms with Gasteiger partial charge in [-0.3, -0.25) is 0 Å². The highest BCUT2D eigenvalue weighted by Gasteiger charge is 2.27. The molecule has 0 radical (unpaired) electrons. The van der Waals surface area contributed by atoms with Crippen LogP contribution in [0.15, 0.2) is 19.8 Å². The minimum absolute atomic E-state index is 0.499. The third-order valence-electron chi connectivity index (χ3n) is 2.48. The Morgan fingerprint density at radius 2 is 2.11 bits per heavy atom. The van der Waals surface area contributed by atoms with Gasteiger partial charge in [-0.1, -0.05) is 41.6 Å². The number of rotatable bonds is 5. The maximum atomic E-state index is 6.04. The highest BCUT2D eigenvalue weighted by Crippen LogP contribution is 2.40. The predicted molar refractivity (Wildman–Crippen MR) is 79.4 cm³/mol. The number of aromatic nitrogens is 4. The molecular weight excluding hydrogens is 320 g/mol. The Kier molecular flexibility index (Phi) is 4.26. The van der Waals surface area contributed by atoms with Crippen LogP contribution >= 0.6 is 46.5 Å². The average Bonchev–Trinajstić information content (AvgIpc) is 3.13. The van der Waals surface area contributed by atoms with E-state index in [9.17, 15) is 0 Å². The second-order valence-corrected chi connectivity index (χ2v) is 8.17. The summed E-state index contributed by atoms with van der Waals surface area (Å²) < 4.78 is 1.89. The van der Waals surface area contributed by atoms with E-state index in [1.165, 1.54) is 24.6 Å². The summed E-state index contributed by atoms with van der Waals surface area (Å²) >= 11 is 10.8. The van der Waals surface area contributed by atoms with E-state index in [1.54, 1.807) is 29.2 Å². The Labute approximate surface area is 128 Å². The van der Waals surface area contributed by atoms with Crippen molar-refractivity contribution in [3.8, 4) is 0 Å². The lowest BCUT2D eigenvalue weighted by atomic mass is 10.4. The first kappa shape index (κ1) is 13.6. The van der Waals surface area contributed by atoms with Crippen LogP contribution in [0, 0.1) is 0 Å². The summed E-state index contributed by atoms with van der Waals surface area (Å²) in [6.45, 7) is 2.10. The molecule has 2 aromatic rings. The van der Waals surface area contributed by atoms with Gasteiger partial charge >= 0.3 is 0 Å². The van der Waals surface area contributed by atoms with Gasteiger partial charge in [-0.15, -0.1) is 10.2 Å². The largest absolute Gasteiger partial charge is 0.226 e. The van der Waals surface area contributed by atoms with Crippen molar-refractivity contribution in [3.05, 3.63) is 17.0 Å². The monoisotopic (exact) mass is 330 g/mol. The number of hydrogen-bond acceptors (Lipinski definition) is 7. The summed E-state index contributed by atoms with van der Waals surface area (Å²) in [5.41, 5.74) is 0. The van der Waals surface area contributed by atoms with Gasteiger partial charge in [0.05, 0.1) is 0 Å². The number of hydrogen-bond donors (Lipinski definition) is 0. The molecule has 1 saturated carbocycles. The minimum Gasteiger partial charge on any atom is -0.226 e. The summed E-state index contributed by atoms with van der Waals surface area (Å²) in [7, 11) is 0. The summed E-state index contributed by atoms with van der Waals surface area (Å²) in [6.07, 6.45) is 2.33. The van der Waals surface area contributed by atoms with Gasteiger partial charge in [0.2, 0.25) is 0 Å². The van der Waals surface area contributed by atoms with Gasteiger partial charge in [-0.05, 0) is 30.4 Å². The van der Waals surface area contributed by atoms with Crippen molar-refractivity contribution in [2.75, 3.05) is 5.75 Å². The zero-order valence-corrected chi connectivity index (χ0v) is 13.4. The molecule has 0 aromatic carbocycles. The Balaban J connectivity index is 1.77. The molecule has 2 heterocycles. The lowest BCUT2D eigenvalue weighted by molar-refractivity contribution is 0.876. The molecule has 1 fully saturated rings. The minimum atomic E-state index is 0.499. The van der Waals surface area contributed by atoms with Crippen LogP contribution in [0.1, 0.15) is 31.5 Å². The van der Waals surface area contributed by atoms with Crippen molar-refractivity contribution in [1.82, 2.24) is 20.2 Å². The molecule has 19 heavy (non-hydrogen) atoms. The molecule has 0 saturated heterocycles. The standard InChI is InChI=1S/C11H11ClN4S3/c1-2-17-10-15-16-11(19-10)18-8-5-7(12)13-9(14-8)6-3-4-6/h5-6H,2-4H2,1H3. The van der Waals surface area contributed by atoms with Crippen molar-refractivity contribution in [3.63, 3.8) is 0 Å². The van der Waals surface area contributed by atoms with Gasteiger partial charge in [-0.25, -0.2) is 9.97 Å². The lowest BCUT2D eigenvalue weighted by Gasteiger charge is -2.01. The van der Waals surface area contributed by atoms with Crippen LogP contribution < -0.4 is 0 Å². The topological polar surface area (TPSA) is 51.6 Å². The fourth-order valence-corrected chi connectivity index (χ4v) is 4.63. The third kappa shape index (κ3) is 3.59. The highest BCUT2D eigenvalue weighted by molar-refractivity contribution is 8.03. The Hall–Kier alpha value is -0.370. The summed E-state index contributed by atoms with van der Waals surface area (Å²) in [4.78, 5) is 8.82. The van der Waals surface area contributed by atoms with Crippen LogP contribution in [0.25, 0.3) is 0 Å². The first-order valence-corrected chi connectivity index (χ1v) is 8.93. The van der Waals surface area contributed by atoms with E-state index in [-0.39, 0.29) is 0 Å². The first-order valence-electron chi connectivity index (χ1n) is 5.93. The second kappa shape index (κ2) is 5.95.